The summed E-state index contributed by atoms with van der Waals surface area (Å²) in [7, 11) is 0.634. The van der Waals surface area contributed by atoms with E-state index in [2.05, 4.69) is 10.0 Å². The van der Waals surface area contributed by atoms with Crippen LogP contribution in [-0.2, 0) is 14.8 Å². The molecule has 3 rings (SSSR count). The minimum Gasteiger partial charge on any atom is -0.497 e. The van der Waals surface area contributed by atoms with Gasteiger partial charge >= 0.3 is 0 Å². The smallest absolute Gasteiger partial charge is 0.262 e. The number of ether oxygens (including phenoxy) is 4. The van der Waals surface area contributed by atoms with Crippen LogP contribution in [0.4, 0.5) is 11.4 Å². The van der Waals surface area contributed by atoms with Gasteiger partial charge in [-0.2, -0.15) is 0 Å². The highest BCUT2D eigenvalue weighted by Gasteiger charge is 2.17. The van der Waals surface area contributed by atoms with Crippen molar-refractivity contribution in [2.24, 2.45) is 0 Å². The number of amides is 1. The molecular weight excluding hydrogens is 484 g/mol. The predicted octanol–water partition coefficient (Wildman–Crippen LogP) is 4.18. The molecule has 2 N–H and O–H groups in total. The summed E-state index contributed by atoms with van der Waals surface area (Å²) in [5.74, 6) is 1.31. The van der Waals surface area contributed by atoms with Crippen LogP contribution in [0.15, 0.2) is 65.6 Å². The third-order valence-electron chi connectivity index (χ3n) is 4.58. The SMILES string of the molecule is COc1ccc(NS(=O)(=O)c2ccc(OCC(=O)Nc3ccc(OC)c(OC)c3)c(Cl)c2)cc1. The van der Waals surface area contributed by atoms with Crippen LogP contribution in [0.25, 0.3) is 0 Å². The van der Waals surface area contributed by atoms with Crippen molar-refractivity contribution >= 4 is 38.9 Å². The maximum Gasteiger partial charge on any atom is 0.262 e. The second kappa shape index (κ2) is 11.0. The molecule has 0 fully saturated rings. The Balaban J connectivity index is 1.62. The van der Waals surface area contributed by atoms with Gasteiger partial charge in [-0.3, -0.25) is 9.52 Å². The Labute approximate surface area is 202 Å². The molecule has 9 nitrogen and oxygen atoms in total. The number of rotatable bonds is 10. The van der Waals surface area contributed by atoms with Crippen molar-refractivity contribution in [2.75, 3.05) is 38.0 Å². The molecule has 0 atom stereocenters. The van der Waals surface area contributed by atoms with E-state index in [1.54, 1.807) is 42.5 Å². The maximum atomic E-state index is 12.7. The zero-order valence-electron chi connectivity index (χ0n) is 18.6. The number of hydrogen-bond acceptors (Lipinski definition) is 7. The molecule has 180 valence electrons. The number of halogens is 1. The van der Waals surface area contributed by atoms with Crippen LogP contribution in [0.2, 0.25) is 5.02 Å². The van der Waals surface area contributed by atoms with Crippen LogP contribution < -0.4 is 29.0 Å². The van der Waals surface area contributed by atoms with Crippen LogP contribution >= 0.6 is 11.6 Å². The van der Waals surface area contributed by atoms with E-state index in [4.69, 9.17) is 30.5 Å². The average Bonchev–Trinajstić information content (AvgIpc) is 2.83. The highest BCUT2D eigenvalue weighted by atomic mass is 35.5. The Hall–Kier alpha value is -3.63. The van der Waals surface area contributed by atoms with Crippen molar-refractivity contribution in [1.29, 1.82) is 0 Å². The van der Waals surface area contributed by atoms with Gasteiger partial charge in [0.15, 0.2) is 18.1 Å². The molecule has 34 heavy (non-hydrogen) atoms. The van der Waals surface area contributed by atoms with Crippen molar-refractivity contribution in [1.82, 2.24) is 0 Å². The first kappa shape index (κ1) is 25.0. The number of sulfonamides is 1. The average molecular weight is 507 g/mol. The predicted molar refractivity (Wildman–Crippen MR) is 129 cm³/mol. The molecule has 0 radical (unpaired) electrons. The van der Waals surface area contributed by atoms with E-state index in [0.29, 0.717) is 28.6 Å². The number of nitrogens with one attached hydrogen (secondary N) is 2. The second-order valence-corrected chi connectivity index (χ2v) is 8.92. The molecule has 1 amide bonds. The Morgan fingerprint density at radius 2 is 1.47 bits per heavy atom. The van der Waals surface area contributed by atoms with Crippen molar-refractivity contribution < 1.29 is 32.2 Å². The van der Waals surface area contributed by atoms with E-state index in [1.165, 1.54) is 39.5 Å². The van der Waals surface area contributed by atoms with Gasteiger partial charge in [-0.25, -0.2) is 8.42 Å². The summed E-state index contributed by atoms with van der Waals surface area (Å²) >= 11 is 6.20. The molecule has 0 heterocycles. The highest BCUT2D eigenvalue weighted by molar-refractivity contribution is 7.92. The zero-order chi connectivity index (χ0) is 24.7. The fourth-order valence-electron chi connectivity index (χ4n) is 2.89. The lowest BCUT2D eigenvalue weighted by atomic mass is 10.2. The molecule has 0 spiro atoms. The first-order valence-corrected chi connectivity index (χ1v) is 11.7. The van der Waals surface area contributed by atoms with E-state index in [9.17, 15) is 13.2 Å². The molecule has 3 aromatic carbocycles. The standard InChI is InChI=1S/C23H23ClN2O7S/c1-30-17-7-4-15(5-8-17)26-34(28,29)18-9-11-20(19(24)13-18)33-14-23(27)25-16-6-10-21(31-2)22(12-16)32-3/h4-13,26H,14H2,1-3H3,(H,25,27). The van der Waals surface area contributed by atoms with Gasteiger partial charge in [0.05, 0.1) is 31.2 Å². The number of benzene rings is 3. The number of anilines is 2. The Morgan fingerprint density at radius 1 is 0.824 bits per heavy atom. The number of carbonyl (C=O) groups is 1. The van der Waals surface area contributed by atoms with Gasteiger partial charge in [-0.1, -0.05) is 11.6 Å². The molecule has 0 aliphatic rings. The normalized spacial score (nSPS) is 10.8. The van der Waals surface area contributed by atoms with Crippen LogP contribution in [-0.4, -0.2) is 42.3 Å². The van der Waals surface area contributed by atoms with Crippen molar-refractivity contribution in [3.63, 3.8) is 0 Å². The molecular formula is C23H23ClN2O7S. The van der Waals surface area contributed by atoms with Crippen LogP contribution in [0.5, 0.6) is 23.0 Å². The summed E-state index contributed by atoms with van der Waals surface area (Å²) < 4.78 is 48.7. The maximum absolute atomic E-state index is 12.7. The first-order valence-electron chi connectivity index (χ1n) is 9.87. The van der Waals surface area contributed by atoms with Gasteiger partial charge in [0.1, 0.15) is 11.5 Å². The second-order valence-electron chi connectivity index (χ2n) is 6.83. The first-order chi connectivity index (χ1) is 16.2. The van der Waals surface area contributed by atoms with Crippen molar-refractivity contribution in [3.8, 4) is 23.0 Å². The quantitative estimate of drug-likeness (QED) is 0.424. The molecule has 0 saturated carbocycles. The third-order valence-corrected chi connectivity index (χ3v) is 6.26. The molecule has 0 aliphatic heterocycles. The monoisotopic (exact) mass is 506 g/mol. The van der Waals surface area contributed by atoms with Gasteiger partial charge in [0, 0.05) is 17.4 Å². The molecule has 11 heteroatoms. The Morgan fingerprint density at radius 3 is 2.09 bits per heavy atom. The molecule has 3 aromatic rings. The summed E-state index contributed by atoms with van der Waals surface area (Å²) in [5.41, 5.74) is 0.854. The lowest BCUT2D eigenvalue weighted by Gasteiger charge is -2.13. The number of hydrogen-bond donors (Lipinski definition) is 2. The lowest BCUT2D eigenvalue weighted by molar-refractivity contribution is -0.118. The van der Waals surface area contributed by atoms with E-state index >= 15 is 0 Å². The van der Waals surface area contributed by atoms with E-state index < -0.39 is 15.9 Å². The van der Waals surface area contributed by atoms with Gasteiger partial charge in [0.2, 0.25) is 0 Å². The highest BCUT2D eigenvalue weighted by Crippen LogP contribution is 2.30. The molecule has 0 aliphatic carbocycles. The van der Waals surface area contributed by atoms with Gasteiger partial charge < -0.3 is 24.3 Å². The van der Waals surface area contributed by atoms with Gasteiger partial charge in [-0.15, -0.1) is 0 Å². The van der Waals surface area contributed by atoms with Crippen LogP contribution in [0.1, 0.15) is 0 Å². The van der Waals surface area contributed by atoms with E-state index in [1.807, 2.05) is 0 Å². The van der Waals surface area contributed by atoms with Crippen molar-refractivity contribution in [3.05, 3.63) is 65.7 Å². The summed E-state index contributed by atoms with van der Waals surface area (Å²) in [6.07, 6.45) is 0. The largest absolute Gasteiger partial charge is 0.497 e. The van der Waals surface area contributed by atoms with Crippen molar-refractivity contribution in [2.45, 2.75) is 4.90 Å². The summed E-state index contributed by atoms with van der Waals surface area (Å²) in [4.78, 5) is 12.2. The van der Waals surface area contributed by atoms with E-state index in [0.717, 1.165) is 0 Å². The third kappa shape index (κ3) is 6.24. The fraction of sp³-hybridized carbons (Fsp3) is 0.174. The molecule has 0 bridgehead atoms. The van der Waals surface area contributed by atoms with Gasteiger partial charge in [0.25, 0.3) is 15.9 Å². The zero-order valence-corrected chi connectivity index (χ0v) is 20.2. The Kier molecular flexibility index (Phi) is 8.08. The molecule has 0 unspecified atom stereocenters. The number of carbonyl (C=O) groups excluding carboxylic acids is 1. The fourth-order valence-corrected chi connectivity index (χ4v) is 4.28. The Bertz CT molecular complexity index is 1260. The topological polar surface area (TPSA) is 112 Å². The number of methoxy groups -OCH3 is 3. The van der Waals surface area contributed by atoms with Crippen LogP contribution in [0.3, 0.4) is 0 Å². The summed E-state index contributed by atoms with van der Waals surface area (Å²) in [6, 6.07) is 15.3. The van der Waals surface area contributed by atoms with Gasteiger partial charge in [-0.05, 0) is 54.6 Å². The lowest BCUT2D eigenvalue weighted by Crippen LogP contribution is -2.20. The minimum atomic E-state index is -3.89. The summed E-state index contributed by atoms with van der Waals surface area (Å²) in [6.45, 7) is -0.343. The molecule has 0 aromatic heterocycles. The van der Waals surface area contributed by atoms with E-state index in [-0.39, 0.29) is 22.3 Å². The summed E-state index contributed by atoms with van der Waals surface area (Å²) in [5, 5.41) is 2.71. The molecule has 0 saturated heterocycles. The van der Waals surface area contributed by atoms with Crippen LogP contribution in [0, 0.1) is 0 Å². The minimum absolute atomic E-state index is 0.0384.